The molecule has 1 aliphatic rings. The molecule has 1 aromatic rings. The summed E-state index contributed by atoms with van der Waals surface area (Å²) < 4.78 is 0. The molecule has 0 bridgehead atoms. The molecule has 0 aliphatic carbocycles. The van der Waals surface area contributed by atoms with Gasteiger partial charge in [-0.1, -0.05) is 13.3 Å². The summed E-state index contributed by atoms with van der Waals surface area (Å²) in [6.07, 6.45) is 6.98. The number of nitrogens with zero attached hydrogens (tertiary/aromatic N) is 4. The molecule has 1 aromatic heterocycles. The monoisotopic (exact) mass is 216 g/mol. The van der Waals surface area contributed by atoms with Crippen molar-refractivity contribution in [2.75, 3.05) is 18.0 Å². The Hall–Kier alpha value is -1.63. The Labute approximate surface area is 95.9 Å². The maximum Gasteiger partial charge on any atom is 0.158 e. The van der Waals surface area contributed by atoms with Crippen LogP contribution in [0.5, 0.6) is 0 Å². The van der Waals surface area contributed by atoms with Crippen LogP contribution >= 0.6 is 0 Å². The van der Waals surface area contributed by atoms with Gasteiger partial charge in [0.15, 0.2) is 5.69 Å². The minimum Gasteiger partial charge on any atom is -0.355 e. The Morgan fingerprint density at radius 2 is 2.12 bits per heavy atom. The van der Waals surface area contributed by atoms with Crippen LogP contribution in [0.1, 0.15) is 31.9 Å². The first-order valence-electron chi connectivity index (χ1n) is 5.80. The van der Waals surface area contributed by atoms with Gasteiger partial charge in [0, 0.05) is 13.1 Å². The van der Waals surface area contributed by atoms with Crippen LogP contribution in [0.15, 0.2) is 12.4 Å². The highest BCUT2D eigenvalue weighted by atomic mass is 15.2. The van der Waals surface area contributed by atoms with E-state index < -0.39 is 0 Å². The van der Waals surface area contributed by atoms with Crippen molar-refractivity contribution in [1.82, 2.24) is 9.97 Å². The molecule has 1 aliphatic heterocycles. The highest BCUT2D eigenvalue weighted by Gasteiger charge is 2.18. The maximum absolute atomic E-state index is 8.64. The van der Waals surface area contributed by atoms with Crippen molar-refractivity contribution in [3.05, 3.63) is 18.1 Å². The van der Waals surface area contributed by atoms with Gasteiger partial charge in [0.1, 0.15) is 11.9 Å². The smallest absolute Gasteiger partial charge is 0.158 e. The highest BCUT2D eigenvalue weighted by Crippen LogP contribution is 2.22. The number of hydrogen-bond acceptors (Lipinski definition) is 4. The first kappa shape index (κ1) is 10.9. The quantitative estimate of drug-likeness (QED) is 0.758. The summed E-state index contributed by atoms with van der Waals surface area (Å²) in [5, 5.41) is 8.64. The molecule has 16 heavy (non-hydrogen) atoms. The van der Waals surface area contributed by atoms with Crippen molar-refractivity contribution < 1.29 is 0 Å². The molecule has 2 heterocycles. The molecule has 0 aromatic carbocycles. The van der Waals surface area contributed by atoms with Gasteiger partial charge in [-0.15, -0.1) is 0 Å². The fourth-order valence-corrected chi connectivity index (χ4v) is 2.11. The Morgan fingerprint density at radius 3 is 2.62 bits per heavy atom. The third kappa shape index (κ3) is 2.30. The van der Waals surface area contributed by atoms with Gasteiger partial charge in [0.05, 0.1) is 12.4 Å². The lowest BCUT2D eigenvalue weighted by Gasteiger charge is -2.32. The van der Waals surface area contributed by atoms with E-state index in [0.717, 1.165) is 24.8 Å². The molecular weight excluding hydrogens is 200 g/mol. The molecule has 1 fully saturated rings. The van der Waals surface area contributed by atoms with Gasteiger partial charge >= 0.3 is 0 Å². The Morgan fingerprint density at radius 1 is 1.38 bits per heavy atom. The van der Waals surface area contributed by atoms with Crippen molar-refractivity contribution in [3.63, 3.8) is 0 Å². The normalized spacial score (nSPS) is 17.1. The number of hydrogen-bond donors (Lipinski definition) is 0. The standard InChI is InChI=1S/C12H16N4/c1-2-10-3-5-16(6-4-10)12-9-14-11(7-13)8-15-12/h8-10H,2-6H2,1H3. The van der Waals surface area contributed by atoms with Crippen molar-refractivity contribution in [1.29, 1.82) is 5.26 Å². The summed E-state index contributed by atoms with van der Waals surface area (Å²) in [6.45, 7) is 4.36. The van der Waals surface area contributed by atoms with E-state index in [0.29, 0.717) is 5.69 Å². The molecule has 0 saturated carbocycles. The van der Waals surface area contributed by atoms with Gasteiger partial charge in [-0.25, -0.2) is 9.97 Å². The second kappa shape index (κ2) is 4.93. The van der Waals surface area contributed by atoms with Crippen molar-refractivity contribution in [2.24, 2.45) is 5.92 Å². The third-order valence-electron chi connectivity index (χ3n) is 3.27. The highest BCUT2D eigenvalue weighted by molar-refractivity contribution is 5.37. The zero-order chi connectivity index (χ0) is 11.4. The molecule has 0 amide bonds. The molecule has 0 atom stereocenters. The molecule has 0 N–H and O–H groups in total. The zero-order valence-corrected chi connectivity index (χ0v) is 9.56. The maximum atomic E-state index is 8.64. The van der Waals surface area contributed by atoms with Gasteiger partial charge in [0.2, 0.25) is 0 Å². The summed E-state index contributed by atoms with van der Waals surface area (Å²) in [7, 11) is 0. The van der Waals surface area contributed by atoms with Crippen LogP contribution in [0.3, 0.4) is 0 Å². The first-order valence-corrected chi connectivity index (χ1v) is 5.80. The van der Waals surface area contributed by atoms with Gasteiger partial charge in [-0.2, -0.15) is 5.26 Å². The topological polar surface area (TPSA) is 52.8 Å². The lowest BCUT2D eigenvalue weighted by molar-refractivity contribution is 0.393. The molecule has 84 valence electrons. The summed E-state index contributed by atoms with van der Waals surface area (Å²) in [6, 6.07) is 1.98. The Kier molecular flexibility index (Phi) is 3.35. The van der Waals surface area contributed by atoms with Crippen LogP contribution in [-0.2, 0) is 0 Å². The van der Waals surface area contributed by atoms with E-state index in [1.54, 1.807) is 12.4 Å². The fraction of sp³-hybridized carbons (Fsp3) is 0.583. The number of anilines is 1. The first-order chi connectivity index (χ1) is 7.83. The van der Waals surface area contributed by atoms with Gasteiger partial charge in [-0.3, -0.25) is 0 Å². The van der Waals surface area contributed by atoms with E-state index in [9.17, 15) is 0 Å². The number of aromatic nitrogens is 2. The number of nitriles is 1. The molecule has 4 nitrogen and oxygen atoms in total. The summed E-state index contributed by atoms with van der Waals surface area (Å²) >= 11 is 0. The molecular formula is C12H16N4. The van der Waals surface area contributed by atoms with E-state index in [1.165, 1.54) is 19.3 Å². The van der Waals surface area contributed by atoms with Gasteiger partial charge in [-0.05, 0) is 18.8 Å². The summed E-state index contributed by atoms with van der Waals surface area (Å²) in [5.41, 5.74) is 0.382. The largest absolute Gasteiger partial charge is 0.355 e. The van der Waals surface area contributed by atoms with Crippen molar-refractivity contribution in [2.45, 2.75) is 26.2 Å². The molecule has 2 rings (SSSR count). The zero-order valence-electron chi connectivity index (χ0n) is 9.56. The predicted octanol–water partition coefficient (Wildman–Crippen LogP) is 1.97. The SMILES string of the molecule is CCC1CCN(c2cnc(C#N)cn2)CC1. The summed E-state index contributed by atoms with van der Waals surface area (Å²) in [5.74, 6) is 1.76. The average Bonchev–Trinajstić information content (AvgIpc) is 2.39. The van der Waals surface area contributed by atoms with E-state index >= 15 is 0 Å². The van der Waals surface area contributed by atoms with Crippen molar-refractivity contribution in [3.8, 4) is 6.07 Å². The van der Waals surface area contributed by atoms with Crippen LogP contribution in [0.4, 0.5) is 5.82 Å². The van der Waals surface area contributed by atoms with E-state index in [1.807, 2.05) is 6.07 Å². The van der Waals surface area contributed by atoms with E-state index in [4.69, 9.17) is 5.26 Å². The van der Waals surface area contributed by atoms with Gasteiger partial charge < -0.3 is 4.90 Å². The number of rotatable bonds is 2. The molecule has 0 unspecified atom stereocenters. The minimum atomic E-state index is 0.382. The lowest BCUT2D eigenvalue weighted by Crippen LogP contribution is -2.34. The van der Waals surface area contributed by atoms with Gasteiger partial charge in [0.25, 0.3) is 0 Å². The van der Waals surface area contributed by atoms with Crippen LogP contribution in [0, 0.1) is 17.2 Å². The predicted molar refractivity (Wildman–Crippen MR) is 62.0 cm³/mol. The molecule has 0 radical (unpaired) electrons. The summed E-state index contributed by atoms with van der Waals surface area (Å²) in [4.78, 5) is 10.6. The third-order valence-corrected chi connectivity index (χ3v) is 3.27. The molecule has 0 spiro atoms. The van der Waals surface area contributed by atoms with Crippen LogP contribution in [0.25, 0.3) is 0 Å². The molecule has 4 heteroatoms. The average molecular weight is 216 g/mol. The van der Waals surface area contributed by atoms with Crippen molar-refractivity contribution >= 4 is 5.82 Å². The minimum absolute atomic E-state index is 0.382. The Balaban J connectivity index is 2.00. The molecule has 1 saturated heterocycles. The second-order valence-electron chi connectivity index (χ2n) is 4.21. The Bertz CT molecular complexity index is 371. The van der Waals surface area contributed by atoms with E-state index in [-0.39, 0.29) is 0 Å². The van der Waals surface area contributed by atoms with Crippen LogP contribution < -0.4 is 4.90 Å². The second-order valence-corrected chi connectivity index (χ2v) is 4.21. The van der Waals surface area contributed by atoms with Crippen LogP contribution in [-0.4, -0.2) is 23.1 Å². The van der Waals surface area contributed by atoms with E-state index in [2.05, 4.69) is 21.8 Å². The fourth-order valence-electron chi connectivity index (χ4n) is 2.11. The lowest BCUT2D eigenvalue weighted by atomic mass is 9.94. The van der Waals surface area contributed by atoms with Crippen LogP contribution in [0.2, 0.25) is 0 Å². The number of piperidine rings is 1.